The third-order valence-corrected chi connectivity index (χ3v) is 4.52. The molecule has 1 aromatic carbocycles. The molecular formula is C20H26N2O3. The van der Waals surface area contributed by atoms with Gasteiger partial charge in [0.25, 0.3) is 5.91 Å². The molecule has 2 heterocycles. The van der Waals surface area contributed by atoms with E-state index in [0.29, 0.717) is 12.3 Å². The van der Waals surface area contributed by atoms with E-state index in [9.17, 15) is 4.79 Å². The number of nitrogens with zero attached hydrogens (tertiary/aromatic N) is 1. The zero-order valence-corrected chi connectivity index (χ0v) is 15.0. The first kappa shape index (κ1) is 17.5. The Morgan fingerprint density at radius 2 is 2.04 bits per heavy atom. The zero-order chi connectivity index (χ0) is 17.6. The van der Waals surface area contributed by atoms with Gasteiger partial charge in [0, 0.05) is 6.54 Å². The fourth-order valence-corrected chi connectivity index (χ4v) is 3.21. The quantitative estimate of drug-likeness (QED) is 0.839. The van der Waals surface area contributed by atoms with Gasteiger partial charge in [-0.05, 0) is 69.6 Å². The van der Waals surface area contributed by atoms with Gasteiger partial charge in [-0.15, -0.1) is 0 Å². The molecule has 1 fully saturated rings. The summed E-state index contributed by atoms with van der Waals surface area (Å²) in [7, 11) is 0. The topological polar surface area (TPSA) is 54.7 Å². The lowest BCUT2D eigenvalue weighted by Crippen LogP contribution is -2.38. The number of hydrogen-bond donors (Lipinski definition) is 1. The molecule has 0 unspecified atom stereocenters. The van der Waals surface area contributed by atoms with Crippen LogP contribution in [-0.2, 0) is 4.79 Å². The van der Waals surface area contributed by atoms with Gasteiger partial charge in [-0.2, -0.15) is 0 Å². The molecule has 0 bridgehead atoms. The molecule has 1 saturated heterocycles. The zero-order valence-electron chi connectivity index (χ0n) is 15.0. The van der Waals surface area contributed by atoms with Gasteiger partial charge >= 0.3 is 0 Å². The Morgan fingerprint density at radius 1 is 1.24 bits per heavy atom. The van der Waals surface area contributed by atoms with E-state index >= 15 is 0 Å². The Hall–Kier alpha value is -2.27. The predicted octanol–water partition coefficient (Wildman–Crippen LogP) is 3.23. The highest BCUT2D eigenvalue weighted by Crippen LogP contribution is 2.26. The standard InChI is InChI=1S/C20H26N2O3/c1-15-6-5-7-17(12-15)24-14-20(23)21-13-18(22-10-3-4-11-22)19-9-8-16(2)25-19/h5-9,12,18H,3-4,10-11,13-14H2,1-2H3,(H,21,23)/t18-/m1/s1. The van der Waals surface area contributed by atoms with Crippen molar-refractivity contribution in [2.75, 3.05) is 26.2 Å². The van der Waals surface area contributed by atoms with E-state index in [2.05, 4.69) is 10.2 Å². The van der Waals surface area contributed by atoms with Gasteiger partial charge < -0.3 is 14.5 Å². The van der Waals surface area contributed by atoms with Crippen molar-refractivity contribution < 1.29 is 13.9 Å². The largest absolute Gasteiger partial charge is 0.484 e. The van der Waals surface area contributed by atoms with E-state index in [-0.39, 0.29) is 18.6 Å². The number of nitrogens with one attached hydrogen (secondary N) is 1. The van der Waals surface area contributed by atoms with Crippen LogP contribution in [-0.4, -0.2) is 37.0 Å². The van der Waals surface area contributed by atoms with Crippen LogP contribution in [0.4, 0.5) is 0 Å². The molecule has 0 radical (unpaired) electrons. The Bertz CT molecular complexity index is 704. The van der Waals surface area contributed by atoms with Gasteiger partial charge in [0.15, 0.2) is 6.61 Å². The maximum Gasteiger partial charge on any atom is 0.258 e. The van der Waals surface area contributed by atoms with Crippen molar-refractivity contribution in [3.8, 4) is 5.75 Å². The molecule has 1 amide bonds. The molecule has 3 rings (SSSR count). The first-order chi connectivity index (χ1) is 12.1. The van der Waals surface area contributed by atoms with E-state index < -0.39 is 0 Å². The van der Waals surface area contributed by atoms with E-state index in [0.717, 1.165) is 30.2 Å². The lowest BCUT2D eigenvalue weighted by atomic mass is 10.2. The van der Waals surface area contributed by atoms with Crippen LogP contribution in [0.5, 0.6) is 5.75 Å². The molecule has 1 aliphatic heterocycles. The number of amides is 1. The summed E-state index contributed by atoms with van der Waals surface area (Å²) in [6, 6.07) is 11.8. The van der Waals surface area contributed by atoms with Crippen LogP contribution in [0.25, 0.3) is 0 Å². The van der Waals surface area contributed by atoms with Crippen molar-refractivity contribution >= 4 is 5.91 Å². The summed E-state index contributed by atoms with van der Waals surface area (Å²) in [5.41, 5.74) is 1.11. The number of rotatable bonds is 7. The van der Waals surface area contributed by atoms with Gasteiger partial charge in [0.05, 0.1) is 6.04 Å². The van der Waals surface area contributed by atoms with Crippen molar-refractivity contribution in [2.45, 2.75) is 32.7 Å². The van der Waals surface area contributed by atoms with Crippen molar-refractivity contribution in [2.24, 2.45) is 0 Å². The molecule has 0 aliphatic carbocycles. The molecule has 25 heavy (non-hydrogen) atoms. The van der Waals surface area contributed by atoms with E-state index in [1.54, 1.807) is 0 Å². The summed E-state index contributed by atoms with van der Waals surface area (Å²) in [5, 5.41) is 2.99. The van der Waals surface area contributed by atoms with Crippen LogP contribution in [0.3, 0.4) is 0 Å². The van der Waals surface area contributed by atoms with Crippen LogP contribution >= 0.6 is 0 Å². The normalized spacial score (nSPS) is 15.9. The van der Waals surface area contributed by atoms with E-state index in [1.165, 1.54) is 12.8 Å². The maximum atomic E-state index is 12.2. The van der Waals surface area contributed by atoms with E-state index in [4.69, 9.17) is 9.15 Å². The van der Waals surface area contributed by atoms with Crippen molar-refractivity contribution in [1.29, 1.82) is 0 Å². The molecule has 1 atom stereocenters. The average molecular weight is 342 g/mol. The van der Waals surface area contributed by atoms with Crippen LogP contribution in [0, 0.1) is 13.8 Å². The van der Waals surface area contributed by atoms with Gasteiger partial charge in [-0.25, -0.2) is 0 Å². The molecule has 1 N–H and O–H groups in total. The number of likely N-dealkylation sites (tertiary alicyclic amines) is 1. The van der Waals surface area contributed by atoms with Crippen molar-refractivity contribution in [1.82, 2.24) is 10.2 Å². The molecule has 134 valence electrons. The molecule has 5 nitrogen and oxygen atoms in total. The van der Waals surface area contributed by atoms with Crippen LogP contribution < -0.4 is 10.1 Å². The minimum atomic E-state index is -0.117. The second-order valence-electron chi connectivity index (χ2n) is 6.62. The highest BCUT2D eigenvalue weighted by molar-refractivity contribution is 5.77. The minimum absolute atomic E-state index is 0.0212. The molecule has 5 heteroatoms. The van der Waals surface area contributed by atoms with Crippen molar-refractivity contribution in [3.63, 3.8) is 0 Å². The third-order valence-electron chi connectivity index (χ3n) is 4.52. The lowest BCUT2D eigenvalue weighted by molar-refractivity contribution is -0.123. The van der Waals surface area contributed by atoms with Crippen molar-refractivity contribution in [3.05, 3.63) is 53.5 Å². The van der Waals surface area contributed by atoms with Crippen LogP contribution in [0.1, 0.15) is 36.0 Å². The smallest absolute Gasteiger partial charge is 0.258 e. The SMILES string of the molecule is Cc1cccc(OCC(=O)NC[C@H](c2ccc(C)o2)N2CCCC2)c1. The Morgan fingerprint density at radius 3 is 2.72 bits per heavy atom. The summed E-state index contributed by atoms with van der Waals surface area (Å²) >= 11 is 0. The lowest BCUT2D eigenvalue weighted by Gasteiger charge is -2.26. The Balaban J connectivity index is 1.54. The van der Waals surface area contributed by atoms with Gasteiger partial charge in [-0.3, -0.25) is 9.69 Å². The first-order valence-electron chi connectivity index (χ1n) is 8.88. The first-order valence-corrected chi connectivity index (χ1v) is 8.88. The highest BCUT2D eigenvalue weighted by atomic mass is 16.5. The maximum absolute atomic E-state index is 12.2. The van der Waals surface area contributed by atoms with Crippen LogP contribution in [0.15, 0.2) is 40.8 Å². The predicted molar refractivity (Wildman–Crippen MR) is 96.7 cm³/mol. The summed E-state index contributed by atoms with van der Waals surface area (Å²) in [6.07, 6.45) is 2.39. The monoisotopic (exact) mass is 342 g/mol. The number of furan rings is 1. The number of aryl methyl sites for hydroxylation is 2. The number of carbonyl (C=O) groups is 1. The second-order valence-corrected chi connectivity index (χ2v) is 6.62. The molecule has 0 saturated carbocycles. The fraction of sp³-hybridized carbons (Fsp3) is 0.450. The number of carbonyl (C=O) groups excluding carboxylic acids is 1. The van der Waals surface area contributed by atoms with Crippen LogP contribution in [0.2, 0.25) is 0 Å². The molecular weight excluding hydrogens is 316 g/mol. The highest BCUT2D eigenvalue weighted by Gasteiger charge is 2.26. The minimum Gasteiger partial charge on any atom is -0.484 e. The third kappa shape index (κ3) is 4.86. The average Bonchev–Trinajstić information content (AvgIpc) is 3.26. The molecule has 1 aliphatic rings. The number of hydrogen-bond acceptors (Lipinski definition) is 4. The second kappa shape index (κ2) is 8.21. The number of benzene rings is 1. The molecule has 2 aromatic rings. The van der Waals surface area contributed by atoms with E-state index in [1.807, 2.05) is 50.2 Å². The summed E-state index contributed by atoms with van der Waals surface area (Å²) in [5.74, 6) is 2.41. The summed E-state index contributed by atoms with van der Waals surface area (Å²) in [6.45, 7) is 6.58. The summed E-state index contributed by atoms with van der Waals surface area (Å²) < 4.78 is 11.4. The van der Waals surface area contributed by atoms with Gasteiger partial charge in [0.2, 0.25) is 0 Å². The van der Waals surface area contributed by atoms with Gasteiger partial charge in [0.1, 0.15) is 17.3 Å². The Kier molecular flexibility index (Phi) is 5.76. The summed E-state index contributed by atoms with van der Waals surface area (Å²) in [4.78, 5) is 14.5. The fourth-order valence-electron chi connectivity index (χ4n) is 3.21. The van der Waals surface area contributed by atoms with Gasteiger partial charge in [-0.1, -0.05) is 12.1 Å². The Labute approximate surface area is 149 Å². The molecule has 1 aromatic heterocycles. The molecule has 0 spiro atoms. The number of ether oxygens (including phenoxy) is 1.